The van der Waals surface area contributed by atoms with Crippen molar-refractivity contribution >= 4 is 5.91 Å². The van der Waals surface area contributed by atoms with Crippen molar-refractivity contribution in [1.82, 2.24) is 9.80 Å². The van der Waals surface area contributed by atoms with Gasteiger partial charge in [-0.1, -0.05) is 44.2 Å². The molecule has 0 bridgehead atoms. The molecule has 0 saturated carbocycles. The molecular formula is C25H33FN2O3. The fraction of sp³-hybridized carbons (Fsp3) is 0.480. The maximum atomic E-state index is 13.2. The first-order chi connectivity index (χ1) is 14.9. The summed E-state index contributed by atoms with van der Waals surface area (Å²) in [6.07, 6.45) is 0.0420. The van der Waals surface area contributed by atoms with E-state index in [1.54, 1.807) is 4.90 Å². The highest BCUT2D eigenvalue weighted by Crippen LogP contribution is 2.14. The van der Waals surface area contributed by atoms with E-state index in [9.17, 15) is 14.3 Å². The van der Waals surface area contributed by atoms with Crippen LogP contribution >= 0.6 is 0 Å². The van der Waals surface area contributed by atoms with E-state index in [0.29, 0.717) is 50.7 Å². The lowest BCUT2D eigenvalue weighted by atomic mass is 10.1. The second-order valence-corrected chi connectivity index (χ2v) is 8.71. The van der Waals surface area contributed by atoms with Crippen molar-refractivity contribution in [3.05, 3.63) is 71.5 Å². The van der Waals surface area contributed by atoms with E-state index in [4.69, 9.17) is 4.74 Å². The van der Waals surface area contributed by atoms with Gasteiger partial charge in [0.15, 0.2) is 0 Å². The molecular weight excluding hydrogens is 395 g/mol. The maximum Gasteiger partial charge on any atom is 0.253 e. The SMILES string of the molecule is CC(C)CN(C[C@H]1CN(C[C@H](O)Cc2ccccc2)CCO1)C(=O)c1ccc(F)cc1. The molecule has 5 nitrogen and oxygen atoms in total. The van der Waals surface area contributed by atoms with Crippen LogP contribution in [0.3, 0.4) is 0 Å². The lowest BCUT2D eigenvalue weighted by molar-refractivity contribution is -0.0510. The van der Waals surface area contributed by atoms with E-state index in [-0.39, 0.29) is 17.8 Å². The van der Waals surface area contributed by atoms with Crippen molar-refractivity contribution in [3.8, 4) is 0 Å². The maximum absolute atomic E-state index is 13.2. The van der Waals surface area contributed by atoms with Crippen molar-refractivity contribution < 1.29 is 19.0 Å². The monoisotopic (exact) mass is 428 g/mol. The van der Waals surface area contributed by atoms with Crippen molar-refractivity contribution in [2.24, 2.45) is 5.92 Å². The normalized spacial score (nSPS) is 18.2. The number of carbonyl (C=O) groups excluding carboxylic acids is 1. The number of aliphatic hydroxyl groups excluding tert-OH is 1. The van der Waals surface area contributed by atoms with Gasteiger partial charge in [0.1, 0.15) is 5.82 Å². The quantitative estimate of drug-likeness (QED) is 0.666. The second-order valence-electron chi connectivity index (χ2n) is 8.71. The fourth-order valence-corrected chi connectivity index (χ4v) is 4.01. The van der Waals surface area contributed by atoms with Crippen molar-refractivity contribution in [1.29, 1.82) is 0 Å². The Balaban J connectivity index is 1.58. The van der Waals surface area contributed by atoms with Gasteiger partial charge in [-0.2, -0.15) is 0 Å². The Bertz CT molecular complexity index is 813. The molecule has 2 atom stereocenters. The van der Waals surface area contributed by atoms with Gasteiger partial charge in [-0.15, -0.1) is 0 Å². The number of rotatable bonds is 9. The first kappa shape index (κ1) is 23.4. The van der Waals surface area contributed by atoms with Crippen molar-refractivity contribution in [3.63, 3.8) is 0 Å². The number of ether oxygens (including phenoxy) is 1. The number of hydrogen-bond acceptors (Lipinski definition) is 4. The van der Waals surface area contributed by atoms with Gasteiger partial charge in [-0.3, -0.25) is 9.69 Å². The van der Waals surface area contributed by atoms with E-state index in [1.807, 2.05) is 30.3 Å². The lowest BCUT2D eigenvalue weighted by Gasteiger charge is -2.37. The summed E-state index contributed by atoms with van der Waals surface area (Å²) < 4.78 is 19.2. The Labute approximate surface area is 184 Å². The predicted octanol–water partition coefficient (Wildman–Crippen LogP) is 3.23. The van der Waals surface area contributed by atoms with Gasteiger partial charge >= 0.3 is 0 Å². The van der Waals surface area contributed by atoms with Crippen LogP contribution in [0.4, 0.5) is 4.39 Å². The van der Waals surface area contributed by atoms with Crippen LogP contribution in [-0.4, -0.2) is 72.4 Å². The molecule has 1 aliphatic rings. The summed E-state index contributed by atoms with van der Waals surface area (Å²) in [6.45, 7) is 7.79. The standard InChI is InChI=1S/C25H33FN2O3/c1-19(2)15-28(25(30)21-8-10-22(26)11-9-21)18-24-17-27(12-13-31-24)16-23(29)14-20-6-4-3-5-7-20/h3-11,19,23-24,29H,12-18H2,1-2H3/t23-,24-/m1/s1. The molecule has 0 spiro atoms. The van der Waals surface area contributed by atoms with Crippen LogP contribution in [0.2, 0.25) is 0 Å². The molecule has 31 heavy (non-hydrogen) atoms. The van der Waals surface area contributed by atoms with Crippen LogP contribution in [0.1, 0.15) is 29.8 Å². The minimum absolute atomic E-state index is 0.112. The highest BCUT2D eigenvalue weighted by Gasteiger charge is 2.27. The zero-order valence-electron chi connectivity index (χ0n) is 18.4. The van der Waals surface area contributed by atoms with Crippen LogP contribution in [0.5, 0.6) is 0 Å². The van der Waals surface area contributed by atoms with Crippen molar-refractivity contribution in [2.45, 2.75) is 32.5 Å². The Kier molecular flexibility index (Phi) is 8.58. The van der Waals surface area contributed by atoms with Crippen LogP contribution < -0.4 is 0 Å². The largest absolute Gasteiger partial charge is 0.391 e. The molecule has 0 aliphatic carbocycles. The van der Waals surface area contributed by atoms with Gasteiger partial charge in [0.05, 0.1) is 18.8 Å². The van der Waals surface area contributed by atoms with E-state index in [1.165, 1.54) is 24.3 Å². The van der Waals surface area contributed by atoms with Gasteiger partial charge in [0.25, 0.3) is 5.91 Å². The molecule has 168 valence electrons. The number of hydrogen-bond donors (Lipinski definition) is 1. The molecule has 0 aromatic heterocycles. The van der Waals surface area contributed by atoms with E-state index >= 15 is 0 Å². The van der Waals surface area contributed by atoms with Gasteiger partial charge in [0.2, 0.25) is 0 Å². The number of benzene rings is 2. The molecule has 2 aromatic carbocycles. The summed E-state index contributed by atoms with van der Waals surface area (Å²) in [6, 6.07) is 15.7. The third-order valence-corrected chi connectivity index (χ3v) is 5.39. The van der Waals surface area contributed by atoms with Gasteiger partial charge in [-0.05, 0) is 42.2 Å². The van der Waals surface area contributed by atoms with Crippen LogP contribution in [0.25, 0.3) is 0 Å². The molecule has 2 aromatic rings. The molecule has 1 saturated heterocycles. The smallest absolute Gasteiger partial charge is 0.253 e. The molecule has 1 aliphatic heterocycles. The number of amides is 1. The Morgan fingerprint density at radius 2 is 1.90 bits per heavy atom. The number of nitrogens with zero attached hydrogens (tertiary/aromatic N) is 2. The number of halogens is 1. The third-order valence-electron chi connectivity index (χ3n) is 5.39. The molecule has 3 rings (SSSR count). The van der Waals surface area contributed by atoms with Crippen LogP contribution in [0.15, 0.2) is 54.6 Å². The van der Waals surface area contributed by atoms with Crippen LogP contribution in [0, 0.1) is 11.7 Å². The minimum atomic E-state index is -0.450. The summed E-state index contributed by atoms with van der Waals surface area (Å²) in [5, 5.41) is 10.5. The van der Waals surface area contributed by atoms with E-state index in [2.05, 4.69) is 18.7 Å². The molecule has 1 amide bonds. The average Bonchev–Trinajstić information content (AvgIpc) is 2.74. The summed E-state index contributed by atoms with van der Waals surface area (Å²) in [5.41, 5.74) is 1.60. The first-order valence-corrected chi connectivity index (χ1v) is 11.0. The Hall–Kier alpha value is -2.28. The fourth-order valence-electron chi connectivity index (χ4n) is 4.01. The lowest BCUT2D eigenvalue weighted by Crippen LogP contribution is -2.51. The van der Waals surface area contributed by atoms with Gasteiger partial charge in [0, 0.05) is 38.3 Å². The van der Waals surface area contributed by atoms with E-state index in [0.717, 1.165) is 12.1 Å². The molecule has 0 unspecified atom stereocenters. The molecule has 1 heterocycles. The van der Waals surface area contributed by atoms with Gasteiger partial charge < -0.3 is 14.7 Å². The summed E-state index contributed by atoms with van der Waals surface area (Å²) >= 11 is 0. The highest BCUT2D eigenvalue weighted by atomic mass is 19.1. The number of morpholine rings is 1. The number of aliphatic hydroxyl groups is 1. The summed E-state index contributed by atoms with van der Waals surface area (Å²) in [7, 11) is 0. The van der Waals surface area contributed by atoms with Crippen molar-refractivity contribution in [2.75, 3.05) is 39.3 Å². The molecule has 1 fully saturated rings. The molecule has 0 radical (unpaired) electrons. The van der Waals surface area contributed by atoms with Crippen LogP contribution in [-0.2, 0) is 11.2 Å². The number of carbonyl (C=O) groups is 1. The van der Waals surface area contributed by atoms with Gasteiger partial charge in [-0.25, -0.2) is 4.39 Å². The predicted molar refractivity (Wildman–Crippen MR) is 119 cm³/mol. The Morgan fingerprint density at radius 3 is 2.58 bits per heavy atom. The highest BCUT2D eigenvalue weighted by molar-refractivity contribution is 5.94. The molecule has 6 heteroatoms. The zero-order chi connectivity index (χ0) is 22.2. The first-order valence-electron chi connectivity index (χ1n) is 11.0. The van der Waals surface area contributed by atoms with E-state index < -0.39 is 6.10 Å². The Morgan fingerprint density at radius 1 is 1.19 bits per heavy atom. The average molecular weight is 429 g/mol. The molecule has 1 N–H and O–H groups in total. The number of β-amino-alcohol motifs (C(OH)–C–C–N with tert-alkyl or cyclic N) is 1. The third kappa shape index (κ3) is 7.42. The summed E-state index contributed by atoms with van der Waals surface area (Å²) in [5.74, 6) is -0.164. The topological polar surface area (TPSA) is 53.0 Å². The minimum Gasteiger partial charge on any atom is -0.391 e. The summed E-state index contributed by atoms with van der Waals surface area (Å²) in [4.78, 5) is 17.0. The second kappa shape index (κ2) is 11.4. The zero-order valence-corrected chi connectivity index (χ0v) is 18.4.